The second-order valence-electron chi connectivity index (χ2n) is 6.17. The summed E-state index contributed by atoms with van der Waals surface area (Å²) in [4.78, 5) is 5.18. The second-order valence-corrected chi connectivity index (χ2v) is 8.06. The topological polar surface area (TPSA) is 52.0 Å². The molecule has 4 aromatic rings. The molecule has 0 radical (unpaired) electrons. The molecule has 0 aliphatic carbocycles. The van der Waals surface area contributed by atoms with Crippen molar-refractivity contribution in [2.75, 3.05) is 0 Å². The van der Waals surface area contributed by atoms with Gasteiger partial charge in [-0.1, -0.05) is 42.5 Å². The van der Waals surface area contributed by atoms with Gasteiger partial charge in [-0.25, -0.2) is 13.4 Å². The molecule has 122 valence electrons. The molecule has 0 amide bonds. The predicted molar refractivity (Wildman–Crippen MR) is 96.7 cm³/mol. The lowest BCUT2D eigenvalue weighted by Crippen LogP contribution is -2.15. The van der Waals surface area contributed by atoms with Crippen molar-refractivity contribution in [3.8, 4) is 16.8 Å². The molecule has 0 saturated carbocycles. The van der Waals surface area contributed by atoms with E-state index in [0.29, 0.717) is 26.5 Å². The van der Waals surface area contributed by atoms with Crippen molar-refractivity contribution in [3.05, 3.63) is 72.6 Å². The van der Waals surface area contributed by atoms with Gasteiger partial charge in [0.2, 0.25) is 9.84 Å². The van der Waals surface area contributed by atoms with Crippen molar-refractivity contribution >= 4 is 20.9 Å². The first-order valence-electron chi connectivity index (χ1n) is 8.00. The maximum Gasteiger partial charge on any atom is 0.210 e. The van der Waals surface area contributed by atoms with Gasteiger partial charge in [0, 0.05) is 0 Å². The highest BCUT2D eigenvalue weighted by Crippen LogP contribution is 2.40. The highest BCUT2D eigenvalue weighted by atomic mass is 32.2. The van der Waals surface area contributed by atoms with E-state index in [0.717, 1.165) is 17.0 Å². The van der Waals surface area contributed by atoms with Crippen LogP contribution in [0.5, 0.6) is 0 Å². The molecule has 4 nitrogen and oxygen atoms in total. The van der Waals surface area contributed by atoms with Crippen molar-refractivity contribution < 1.29 is 8.42 Å². The zero-order chi connectivity index (χ0) is 17.2. The quantitative estimate of drug-likeness (QED) is 0.458. The molecule has 0 bridgehead atoms. The first-order valence-corrected chi connectivity index (χ1v) is 9.49. The summed E-state index contributed by atoms with van der Waals surface area (Å²) in [6.45, 7) is 1.90. The molecule has 2 heterocycles. The molecule has 1 aromatic heterocycles. The zero-order valence-electron chi connectivity index (χ0n) is 13.5. The Morgan fingerprint density at radius 2 is 1.64 bits per heavy atom. The van der Waals surface area contributed by atoms with Gasteiger partial charge in [0.05, 0.1) is 26.5 Å². The maximum absolute atomic E-state index is 13.2. The summed E-state index contributed by atoms with van der Waals surface area (Å²) in [5.74, 6) is 0.783. The molecule has 5 rings (SSSR count). The van der Waals surface area contributed by atoms with Crippen LogP contribution in [0.1, 0.15) is 5.82 Å². The average Bonchev–Trinajstić information content (AvgIpc) is 2.97. The van der Waals surface area contributed by atoms with Crippen molar-refractivity contribution in [1.29, 1.82) is 0 Å². The van der Waals surface area contributed by atoms with Crippen molar-refractivity contribution in [1.82, 2.24) is 9.55 Å². The van der Waals surface area contributed by atoms with Gasteiger partial charge >= 0.3 is 0 Å². The largest absolute Gasteiger partial charge is 0.294 e. The minimum absolute atomic E-state index is 0.323. The summed E-state index contributed by atoms with van der Waals surface area (Å²) < 4.78 is 28.4. The van der Waals surface area contributed by atoms with E-state index >= 15 is 0 Å². The van der Waals surface area contributed by atoms with E-state index in [4.69, 9.17) is 0 Å². The number of aromatic nitrogens is 2. The fourth-order valence-electron chi connectivity index (χ4n) is 3.57. The number of aryl methyl sites for hydroxylation is 1. The third-order valence-corrected chi connectivity index (χ3v) is 6.51. The standard InChI is InChI=1S/C20H14N2O2S/c1-13-21-16-8-5-9-18-20(16)22(13)17-11-10-15(12-19(17)25(18,23)24)14-6-3-2-4-7-14/h2-12H,1H3. The van der Waals surface area contributed by atoms with Crippen LogP contribution in [-0.2, 0) is 9.84 Å². The Labute approximate surface area is 145 Å². The third-order valence-electron chi connectivity index (χ3n) is 4.69. The molecule has 5 heteroatoms. The first-order chi connectivity index (χ1) is 12.1. The first kappa shape index (κ1) is 14.4. The van der Waals surface area contributed by atoms with Crippen LogP contribution in [-0.4, -0.2) is 18.0 Å². The van der Waals surface area contributed by atoms with E-state index in [9.17, 15) is 8.42 Å². The lowest BCUT2D eigenvalue weighted by Gasteiger charge is -2.21. The van der Waals surface area contributed by atoms with Crippen LogP contribution in [0.4, 0.5) is 0 Å². The molecule has 1 aliphatic rings. The van der Waals surface area contributed by atoms with E-state index < -0.39 is 9.84 Å². The highest BCUT2D eigenvalue weighted by molar-refractivity contribution is 7.92. The van der Waals surface area contributed by atoms with Gasteiger partial charge in [-0.3, -0.25) is 4.57 Å². The molecule has 0 saturated heterocycles. The molecule has 0 fully saturated rings. The number of benzene rings is 3. The number of imidazole rings is 1. The lowest BCUT2D eigenvalue weighted by molar-refractivity contribution is 0.594. The maximum atomic E-state index is 13.2. The van der Waals surface area contributed by atoms with Crippen LogP contribution in [0.25, 0.3) is 27.8 Å². The predicted octanol–water partition coefficient (Wildman–Crippen LogP) is 4.15. The summed E-state index contributed by atoms with van der Waals surface area (Å²) in [5.41, 5.74) is 3.91. The van der Waals surface area contributed by atoms with E-state index in [1.54, 1.807) is 18.2 Å². The average molecular weight is 346 g/mol. The molecule has 0 atom stereocenters. The van der Waals surface area contributed by atoms with Crippen LogP contribution >= 0.6 is 0 Å². The summed E-state index contributed by atoms with van der Waals surface area (Å²) in [6, 6.07) is 20.7. The van der Waals surface area contributed by atoms with E-state index in [2.05, 4.69) is 4.98 Å². The fourth-order valence-corrected chi connectivity index (χ4v) is 5.23. The number of sulfone groups is 1. The van der Waals surface area contributed by atoms with Gasteiger partial charge in [-0.15, -0.1) is 0 Å². The number of nitrogens with zero attached hydrogens (tertiary/aromatic N) is 2. The highest BCUT2D eigenvalue weighted by Gasteiger charge is 2.32. The molecular formula is C20H14N2O2S. The van der Waals surface area contributed by atoms with Crippen molar-refractivity contribution in [2.24, 2.45) is 0 Å². The van der Waals surface area contributed by atoms with Crippen molar-refractivity contribution in [3.63, 3.8) is 0 Å². The van der Waals surface area contributed by atoms with Gasteiger partial charge < -0.3 is 0 Å². The van der Waals surface area contributed by atoms with Crippen LogP contribution in [0, 0.1) is 6.92 Å². The van der Waals surface area contributed by atoms with Gasteiger partial charge in [-0.2, -0.15) is 0 Å². The van der Waals surface area contributed by atoms with E-state index in [1.165, 1.54) is 0 Å². The molecule has 25 heavy (non-hydrogen) atoms. The zero-order valence-corrected chi connectivity index (χ0v) is 14.3. The number of fused-ring (bicyclic) bond motifs is 2. The van der Waals surface area contributed by atoms with Crippen LogP contribution < -0.4 is 0 Å². The second kappa shape index (κ2) is 4.80. The molecule has 0 unspecified atom stereocenters. The Balaban J connectivity index is 1.89. The van der Waals surface area contributed by atoms with Crippen molar-refractivity contribution in [2.45, 2.75) is 16.7 Å². The van der Waals surface area contributed by atoms with Gasteiger partial charge in [-0.05, 0) is 42.3 Å². The van der Waals surface area contributed by atoms with Crippen LogP contribution in [0.3, 0.4) is 0 Å². The molecule has 0 N–H and O–H groups in total. The number of hydrogen-bond donors (Lipinski definition) is 0. The SMILES string of the molecule is Cc1nc2cccc3c2n1-c1ccc(-c2ccccc2)cc1S3(=O)=O. The lowest BCUT2D eigenvalue weighted by atomic mass is 10.1. The Morgan fingerprint density at radius 3 is 2.44 bits per heavy atom. The molecule has 3 aromatic carbocycles. The monoisotopic (exact) mass is 346 g/mol. The molecule has 0 spiro atoms. The van der Waals surface area contributed by atoms with Gasteiger partial charge in [0.25, 0.3) is 0 Å². The number of rotatable bonds is 1. The fraction of sp³-hybridized carbons (Fsp3) is 0.0500. The summed E-state index contributed by atoms with van der Waals surface area (Å²) in [6.07, 6.45) is 0. The number of para-hydroxylation sites is 1. The minimum atomic E-state index is -3.59. The third kappa shape index (κ3) is 1.87. The van der Waals surface area contributed by atoms with Crippen LogP contribution in [0.2, 0.25) is 0 Å². The summed E-state index contributed by atoms with van der Waals surface area (Å²) in [5, 5.41) is 0. The molecule has 1 aliphatic heterocycles. The van der Waals surface area contributed by atoms with Gasteiger partial charge in [0.1, 0.15) is 5.82 Å². The smallest absolute Gasteiger partial charge is 0.210 e. The minimum Gasteiger partial charge on any atom is -0.294 e. The normalized spacial score (nSPS) is 14.4. The molecular weight excluding hydrogens is 332 g/mol. The van der Waals surface area contributed by atoms with E-state index in [-0.39, 0.29) is 0 Å². The Bertz CT molecular complexity index is 1260. The Hall–Kier alpha value is -2.92. The Kier molecular flexibility index (Phi) is 2.77. The number of hydrogen-bond acceptors (Lipinski definition) is 3. The summed E-state index contributed by atoms with van der Waals surface area (Å²) in [7, 11) is -3.59. The van der Waals surface area contributed by atoms with Crippen LogP contribution in [0.15, 0.2) is 76.5 Å². The van der Waals surface area contributed by atoms with E-state index in [1.807, 2.05) is 60.0 Å². The van der Waals surface area contributed by atoms with Gasteiger partial charge in [0.15, 0.2) is 0 Å². The Morgan fingerprint density at radius 1 is 0.840 bits per heavy atom. The summed E-state index contributed by atoms with van der Waals surface area (Å²) >= 11 is 0.